The second-order valence-corrected chi connectivity index (χ2v) is 3.07. The van der Waals surface area contributed by atoms with Crippen molar-refractivity contribution >= 4 is 5.97 Å². The summed E-state index contributed by atoms with van der Waals surface area (Å²) in [6, 6.07) is 0. The van der Waals surface area contributed by atoms with E-state index in [9.17, 15) is 4.79 Å². The monoisotopic (exact) mass is 244 g/mol. The van der Waals surface area contributed by atoms with E-state index in [1.807, 2.05) is 0 Å². The molecule has 0 rings (SSSR count). The van der Waals surface area contributed by atoms with Gasteiger partial charge < -0.3 is 46.0 Å². The lowest BCUT2D eigenvalue weighted by Crippen LogP contribution is -2.74. The van der Waals surface area contributed by atoms with Gasteiger partial charge in [0.25, 0.3) is 11.6 Å². The fourth-order valence-corrected chi connectivity index (χ4v) is 0.765. The van der Waals surface area contributed by atoms with Crippen LogP contribution in [0.2, 0.25) is 0 Å². The van der Waals surface area contributed by atoms with Gasteiger partial charge in [-0.1, -0.05) is 0 Å². The Bertz CT molecular complexity index is 268. The van der Waals surface area contributed by atoms with Crippen LogP contribution in [0.25, 0.3) is 0 Å². The number of aliphatic carboxylic acids is 1. The molecule has 9 N–H and O–H groups in total. The number of aliphatic hydroxyl groups is 8. The average molecular weight is 244 g/mol. The van der Waals surface area contributed by atoms with E-state index >= 15 is 0 Å². The predicted molar refractivity (Wildman–Crippen MR) is 42.2 cm³/mol. The zero-order valence-corrected chi connectivity index (χ0v) is 7.72. The van der Waals surface area contributed by atoms with E-state index in [2.05, 4.69) is 0 Å². The van der Waals surface area contributed by atoms with Crippen LogP contribution < -0.4 is 0 Å². The summed E-state index contributed by atoms with van der Waals surface area (Å²) in [4.78, 5) is 10.2. The summed E-state index contributed by atoms with van der Waals surface area (Å²) >= 11 is 0. The van der Waals surface area contributed by atoms with E-state index in [1.165, 1.54) is 0 Å². The third kappa shape index (κ3) is 2.00. The number of carboxylic acids is 1. The molecular weight excluding hydrogens is 232 g/mol. The van der Waals surface area contributed by atoms with Crippen molar-refractivity contribution in [3.05, 3.63) is 0 Å². The van der Waals surface area contributed by atoms with Crippen LogP contribution in [0.3, 0.4) is 0 Å². The van der Waals surface area contributed by atoms with Gasteiger partial charge in [0.1, 0.15) is 6.10 Å². The number of hydrogen-bond acceptors (Lipinski definition) is 9. The van der Waals surface area contributed by atoms with Crippen molar-refractivity contribution < 1.29 is 50.8 Å². The lowest BCUT2D eigenvalue weighted by atomic mass is 9.92. The quantitative estimate of drug-likeness (QED) is 0.210. The smallest absolute Gasteiger partial charge is 0.370 e. The molecule has 0 saturated heterocycles. The van der Waals surface area contributed by atoms with Gasteiger partial charge in [-0.15, -0.1) is 0 Å². The molecule has 0 radical (unpaired) electrons. The van der Waals surface area contributed by atoms with Crippen molar-refractivity contribution in [2.45, 2.75) is 23.5 Å². The maximum Gasteiger partial charge on any atom is 0.370 e. The Morgan fingerprint density at radius 1 is 1.06 bits per heavy atom. The fourth-order valence-electron chi connectivity index (χ4n) is 0.765. The summed E-state index contributed by atoms with van der Waals surface area (Å²) in [7, 11) is 0. The van der Waals surface area contributed by atoms with Crippen LogP contribution >= 0.6 is 0 Å². The molecule has 0 fully saturated rings. The first-order chi connectivity index (χ1) is 6.92. The van der Waals surface area contributed by atoms with Gasteiger partial charge in [-0.05, 0) is 0 Å². The summed E-state index contributed by atoms with van der Waals surface area (Å²) < 4.78 is 0. The molecule has 10 nitrogen and oxygen atoms in total. The van der Waals surface area contributed by atoms with Gasteiger partial charge >= 0.3 is 11.8 Å². The molecule has 0 saturated carbocycles. The third-order valence-electron chi connectivity index (χ3n) is 1.93. The molecule has 10 heteroatoms. The van der Waals surface area contributed by atoms with Crippen LogP contribution in [0.4, 0.5) is 0 Å². The minimum atomic E-state index is -4.45. The van der Waals surface area contributed by atoms with E-state index in [0.29, 0.717) is 0 Å². The SMILES string of the molecule is O=C(O)C(O)(O)C(O)(O)C(O)(O)[C@H](O)CO. The lowest BCUT2D eigenvalue weighted by molar-refractivity contribution is -0.457. The van der Waals surface area contributed by atoms with Gasteiger partial charge in [-0.25, -0.2) is 4.79 Å². The van der Waals surface area contributed by atoms with Crippen LogP contribution in [0.5, 0.6) is 0 Å². The highest BCUT2D eigenvalue weighted by atomic mass is 16.7. The minimum Gasteiger partial charge on any atom is -0.477 e. The van der Waals surface area contributed by atoms with Crippen LogP contribution in [-0.2, 0) is 4.79 Å². The number of rotatable bonds is 5. The van der Waals surface area contributed by atoms with Crippen molar-refractivity contribution in [1.29, 1.82) is 0 Å². The Hall–Kier alpha value is -0.850. The molecular formula is C6H12O10. The molecule has 0 amide bonds. The lowest BCUT2D eigenvalue weighted by Gasteiger charge is -2.41. The van der Waals surface area contributed by atoms with Gasteiger partial charge in [-0.2, -0.15) is 0 Å². The second kappa shape index (κ2) is 4.20. The topological polar surface area (TPSA) is 199 Å². The van der Waals surface area contributed by atoms with Crippen molar-refractivity contribution in [2.75, 3.05) is 6.61 Å². The highest BCUT2D eigenvalue weighted by Gasteiger charge is 2.68. The molecule has 0 heterocycles. The molecule has 1 atom stereocenters. The molecule has 0 bridgehead atoms. The Morgan fingerprint density at radius 2 is 1.44 bits per heavy atom. The van der Waals surface area contributed by atoms with Crippen molar-refractivity contribution in [1.82, 2.24) is 0 Å². The Labute approximate surface area is 87.9 Å². The zero-order valence-electron chi connectivity index (χ0n) is 7.72. The summed E-state index contributed by atoms with van der Waals surface area (Å²) in [6.45, 7) is -1.41. The number of carboxylic acid groups (broad SMARTS) is 1. The van der Waals surface area contributed by atoms with E-state index < -0.39 is 36.0 Å². The maximum absolute atomic E-state index is 10.2. The van der Waals surface area contributed by atoms with Crippen LogP contribution in [-0.4, -0.2) is 82.0 Å². The maximum atomic E-state index is 10.2. The molecule has 0 spiro atoms. The van der Waals surface area contributed by atoms with Crippen LogP contribution in [0.15, 0.2) is 0 Å². The van der Waals surface area contributed by atoms with Gasteiger partial charge in [-0.3, -0.25) is 0 Å². The molecule has 0 unspecified atom stereocenters. The zero-order chi connectivity index (χ0) is 13.4. The Balaban J connectivity index is 5.42. The molecule has 96 valence electrons. The first kappa shape index (κ1) is 15.2. The molecule has 0 aromatic rings. The number of carbonyl (C=O) groups is 1. The Morgan fingerprint density at radius 3 is 1.69 bits per heavy atom. The molecule has 0 aliphatic rings. The van der Waals surface area contributed by atoms with E-state index in [0.717, 1.165) is 0 Å². The molecule has 0 aliphatic heterocycles. The summed E-state index contributed by atoms with van der Waals surface area (Å²) in [5.74, 6) is -15.5. The van der Waals surface area contributed by atoms with Crippen molar-refractivity contribution in [3.8, 4) is 0 Å². The molecule has 0 aliphatic carbocycles. The van der Waals surface area contributed by atoms with E-state index in [-0.39, 0.29) is 0 Å². The highest BCUT2D eigenvalue weighted by molar-refractivity contribution is 5.76. The van der Waals surface area contributed by atoms with Gasteiger partial charge in [0.05, 0.1) is 6.61 Å². The molecule has 0 aromatic carbocycles. The first-order valence-corrected chi connectivity index (χ1v) is 3.79. The van der Waals surface area contributed by atoms with Gasteiger partial charge in [0, 0.05) is 0 Å². The van der Waals surface area contributed by atoms with Gasteiger partial charge in [0.15, 0.2) is 0 Å². The van der Waals surface area contributed by atoms with E-state index in [4.69, 9.17) is 46.0 Å². The third-order valence-corrected chi connectivity index (χ3v) is 1.93. The Kier molecular flexibility index (Phi) is 3.97. The summed E-state index contributed by atoms with van der Waals surface area (Å²) in [5.41, 5.74) is 0. The van der Waals surface area contributed by atoms with Crippen LogP contribution in [0, 0.1) is 0 Å². The van der Waals surface area contributed by atoms with Crippen molar-refractivity contribution in [3.63, 3.8) is 0 Å². The highest BCUT2D eigenvalue weighted by Crippen LogP contribution is 2.30. The fraction of sp³-hybridized carbons (Fsp3) is 0.833. The minimum absolute atomic E-state index is 1.41. The standard InChI is InChI=1S/C6H12O10/c7-1-2(8)4(11,12)6(15,16)5(13,14)3(9)10/h2,7-8,11-16H,1H2,(H,9,10)/t2-/m1/s1. The molecule has 16 heavy (non-hydrogen) atoms. The largest absolute Gasteiger partial charge is 0.477 e. The van der Waals surface area contributed by atoms with Crippen LogP contribution in [0.1, 0.15) is 0 Å². The molecule has 0 aromatic heterocycles. The summed E-state index contributed by atoms with van der Waals surface area (Å²) in [6.07, 6.45) is -2.65. The van der Waals surface area contributed by atoms with Gasteiger partial charge in [0.2, 0.25) is 0 Å². The normalized spacial score (nSPS) is 16.0. The summed E-state index contributed by atoms with van der Waals surface area (Å²) in [5, 5.41) is 78.6. The average Bonchev–Trinajstić information content (AvgIpc) is 2.15. The van der Waals surface area contributed by atoms with E-state index in [1.54, 1.807) is 0 Å². The van der Waals surface area contributed by atoms with Crippen molar-refractivity contribution in [2.24, 2.45) is 0 Å². The second-order valence-electron chi connectivity index (χ2n) is 3.07. The first-order valence-electron chi connectivity index (χ1n) is 3.79. The predicted octanol–water partition coefficient (Wildman–Crippen LogP) is -5.53. The number of aliphatic hydroxyl groups excluding tert-OH is 2. The number of hydrogen-bond donors (Lipinski definition) is 9.